The summed E-state index contributed by atoms with van der Waals surface area (Å²) in [6, 6.07) is 0.639. The third-order valence-corrected chi connectivity index (χ3v) is 1.90. The van der Waals surface area contributed by atoms with E-state index >= 15 is 0 Å². The fourth-order valence-electron chi connectivity index (χ4n) is 1.40. The average Bonchev–Trinajstić information content (AvgIpc) is 1.88. The maximum absolute atomic E-state index is 5.44. The number of halogens is 1. The van der Waals surface area contributed by atoms with Crippen molar-refractivity contribution in [2.75, 3.05) is 32.7 Å². The zero-order valence-corrected chi connectivity index (χ0v) is 7.86. The molecule has 3 N–H and O–H groups in total. The van der Waals surface area contributed by atoms with Gasteiger partial charge in [-0.1, -0.05) is 0 Å². The second kappa shape index (κ2) is 5.77. The van der Waals surface area contributed by atoms with Gasteiger partial charge in [-0.3, -0.25) is 4.90 Å². The monoisotopic (exact) mass is 179 g/mol. The summed E-state index contributed by atoms with van der Waals surface area (Å²) in [5.41, 5.74) is 5.44. The number of nitrogens with two attached hydrogens (primary N) is 1. The molecule has 1 saturated heterocycles. The van der Waals surface area contributed by atoms with Crippen LogP contribution in [0.5, 0.6) is 0 Å². The van der Waals surface area contributed by atoms with Crippen LogP contribution in [0.3, 0.4) is 0 Å². The predicted octanol–water partition coefficient (Wildman–Crippen LogP) is -0.339. The Labute approximate surface area is 74.7 Å². The van der Waals surface area contributed by atoms with Crippen LogP contribution in [0, 0.1) is 0 Å². The number of rotatable bonds is 2. The predicted molar refractivity (Wildman–Crippen MR) is 50.2 cm³/mol. The molecular formula is C7H18ClN3. The van der Waals surface area contributed by atoms with E-state index < -0.39 is 0 Å². The summed E-state index contributed by atoms with van der Waals surface area (Å²) in [5, 5.41) is 3.39. The molecule has 4 heteroatoms. The van der Waals surface area contributed by atoms with E-state index in [-0.39, 0.29) is 12.4 Å². The van der Waals surface area contributed by atoms with E-state index in [1.165, 1.54) is 0 Å². The molecule has 0 aromatic heterocycles. The lowest BCUT2D eigenvalue weighted by Gasteiger charge is -2.31. The molecule has 1 atom stereocenters. The lowest BCUT2D eigenvalue weighted by atomic mass is 10.2. The molecule has 0 aliphatic carbocycles. The highest BCUT2D eigenvalue weighted by atomic mass is 35.5. The highest BCUT2D eigenvalue weighted by Gasteiger charge is 2.13. The molecule has 0 amide bonds. The second-order valence-corrected chi connectivity index (χ2v) is 2.94. The summed E-state index contributed by atoms with van der Waals surface area (Å²) >= 11 is 0. The van der Waals surface area contributed by atoms with Gasteiger partial charge < -0.3 is 11.1 Å². The van der Waals surface area contributed by atoms with Crippen molar-refractivity contribution in [2.24, 2.45) is 5.73 Å². The maximum Gasteiger partial charge on any atom is 0.0167 e. The SMILES string of the molecule is CC1CN(CCN)CCN1.Cl. The first kappa shape index (κ1) is 11.2. The molecule has 1 rings (SSSR count). The minimum absolute atomic E-state index is 0. The smallest absolute Gasteiger partial charge is 0.0167 e. The Balaban J connectivity index is 0.000001000. The van der Waals surface area contributed by atoms with Crippen molar-refractivity contribution in [3.63, 3.8) is 0 Å². The minimum Gasteiger partial charge on any atom is -0.329 e. The molecule has 0 saturated carbocycles. The Bertz CT molecular complexity index is 97.7. The lowest BCUT2D eigenvalue weighted by molar-refractivity contribution is 0.212. The summed E-state index contributed by atoms with van der Waals surface area (Å²) < 4.78 is 0. The Kier molecular flexibility index (Phi) is 5.86. The van der Waals surface area contributed by atoms with Gasteiger partial charge in [-0.2, -0.15) is 0 Å². The first-order chi connectivity index (χ1) is 4.83. The van der Waals surface area contributed by atoms with Crippen LogP contribution in [0.1, 0.15) is 6.92 Å². The van der Waals surface area contributed by atoms with Crippen molar-refractivity contribution in [1.82, 2.24) is 10.2 Å². The molecule has 3 nitrogen and oxygen atoms in total. The van der Waals surface area contributed by atoms with Gasteiger partial charge in [0, 0.05) is 38.8 Å². The van der Waals surface area contributed by atoms with Crippen molar-refractivity contribution in [2.45, 2.75) is 13.0 Å². The van der Waals surface area contributed by atoms with E-state index in [9.17, 15) is 0 Å². The van der Waals surface area contributed by atoms with Crippen LogP contribution in [0.2, 0.25) is 0 Å². The van der Waals surface area contributed by atoms with E-state index in [1.807, 2.05) is 0 Å². The van der Waals surface area contributed by atoms with Crippen LogP contribution in [0.4, 0.5) is 0 Å². The normalized spacial score (nSPS) is 26.2. The van der Waals surface area contributed by atoms with Gasteiger partial charge >= 0.3 is 0 Å². The van der Waals surface area contributed by atoms with Crippen molar-refractivity contribution in [1.29, 1.82) is 0 Å². The standard InChI is InChI=1S/C7H17N3.ClH/c1-7-6-10(4-2-8)5-3-9-7;/h7,9H,2-6,8H2,1H3;1H. The lowest BCUT2D eigenvalue weighted by Crippen LogP contribution is -2.50. The quantitative estimate of drug-likeness (QED) is 0.610. The van der Waals surface area contributed by atoms with Gasteiger partial charge in [-0.05, 0) is 6.92 Å². The van der Waals surface area contributed by atoms with E-state index in [0.29, 0.717) is 6.04 Å². The molecular weight excluding hydrogens is 162 g/mol. The Morgan fingerprint density at radius 3 is 2.91 bits per heavy atom. The number of piperazine rings is 1. The zero-order chi connectivity index (χ0) is 7.40. The fourth-order valence-corrected chi connectivity index (χ4v) is 1.40. The van der Waals surface area contributed by atoms with Crippen LogP contribution in [0.15, 0.2) is 0 Å². The number of hydrogen-bond acceptors (Lipinski definition) is 3. The highest BCUT2D eigenvalue weighted by Crippen LogP contribution is 1.95. The second-order valence-electron chi connectivity index (χ2n) is 2.94. The molecule has 1 aliphatic heterocycles. The number of hydrogen-bond donors (Lipinski definition) is 2. The van der Waals surface area contributed by atoms with Crippen molar-refractivity contribution in [3.8, 4) is 0 Å². The fraction of sp³-hybridized carbons (Fsp3) is 1.00. The van der Waals surface area contributed by atoms with Crippen molar-refractivity contribution < 1.29 is 0 Å². The molecule has 1 heterocycles. The van der Waals surface area contributed by atoms with Gasteiger partial charge in [0.05, 0.1) is 0 Å². The van der Waals surface area contributed by atoms with Crippen LogP contribution in [0.25, 0.3) is 0 Å². The van der Waals surface area contributed by atoms with Crippen LogP contribution in [-0.4, -0.2) is 43.7 Å². The van der Waals surface area contributed by atoms with Gasteiger partial charge in [-0.25, -0.2) is 0 Å². The average molecular weight is 180 g/mol. The molecule has 0 radical (unpaired) electrons. The summed E-state index contributed by atoms with van der Waals surface area (Å²) in [6.45, 7) is 7.46. The Morgan fingerprint density at radius 1 is 1.64 bits per heavy atom. The molecule has 0 aromatic carbocycles. The first-order valence-electron chi connectivity index (χ1n) is 3.98. The molecule has 68 valence electrons. The summed E-state index contributed by atoms with van der Waals surface area (Å²) in [7, 11) is 0. The van der Waals surface area contributed by atoms with Gasteiger partial charge in [0.2, 0.25) is 0 Å². The zero-order valence-electron chi connectivity index (χ0n) is 7.05. The summed E-state index contributed by atoms with van der Waals surface area (Å²) in [4.78, 5) is 2.40. The molecule has 1 aliphatic rings. The van der Waals surface area contributed by atoms with E-state index in [4.69, 9.17) is 5.73 Å². The molecule has 1 fully saturated rings. The third kappa shape index (κ3) is 3.91. The van der Waals surface area contributed by atoms with E-state index in [1.54, 1.807) is 0 Å². The third-order valence-electron chi connectivity index (χ3n) is 1.90. The largest absolute Gasteiger partial charge is 0.329 e. The van der Waals surface area contributed by atoms with Gasteiger partial charge in [0.1, 0.15) is 0 Å². The van der Waals surface area contributed by atoms with E-state index in [2.05, 4.69) is 17.1 Å². The molecule has 1 unspecified atom stereocenters. The van der Waals surface area contributed by atoms with Crippen molar-refractivity contribution >= 4 is 12.4 Å². The summed E-state index contributed by atoms with van der Waals surface area (Å²) in [6.07, 6.45) is 0. The molecule has 0 bridgehead atoms. The first-order valence-corrected chi connectivity index (χ1v) is 3.98. The highest BCUT2D eigenvalue weighted by molar-refractivity contribution is 5.85. The van der Waals surface area contributed by atoms with Gasteiger partial charge in [-0.15, -0.1) is 12.4 Å². The topological polar surface area (TPSA) is 41.3 Å². The molecule has 11 heavy (non-hydrogen) atoms. The van der Waals surface area contributed by atoms with Gasteiger partial charge in [0.15, 0.2) is 0 Å². The minimum atomic E-state index is 0. The van der Waals surface area contributed by atoms with Crippen LogP contribution in [-0.2, 0) is 0 Å². The van der Waals surface area contributed by atoms with Crippen LogP contribution < -0.4 is 11.1 Å². The van der Waals surface area contributed by atoms with Crippen molar-refractivity contribution in [3.05, 3.63) is 0 Å². The molecule has 0 aromatic rings. The summed E-state index contributed by atoms with van der Waals surface area (Å²) in [5.74, 6) is 0. The van der Waals surface area contributed by atoms with Gasteiger partial charge in [0.25, 0.3) is 0 Å². The van der Waals surface area contributed by atoms with E-state index in [0.717, 1.165) is 32.7 Å². The Morgan fingerprint density at radius 2 is 2.36 bits per heavy atom. The molecule has 0 spiro atoms. The maximum atomic E-state index is 5.44. The number of nitrogens with one attached hydrogen (secondary N) is 1. The number of nitrogens with zero attached hydrogens (tertiary/aromatic N) is 1. The van der Waals surface area contributed by atoms with Crippen LogP contribution >= 0.6 is 12.4 Å². The Hall–Kier alpha value is 0.170.